The van der Waals surface area contributed by atoms with Crippen LogP contribution in [0.15, 0.2) is 78.9 Å². The summed E-state index contributed by atoms with van der Waals surface area (Å²) in [6.07, 6.45) is -1.18. The predicted octanol–water partition coefficient (Wildman–Crippen LogP) is 10.8. The van der Waals surface area contributed by atoms with Crippen molar-refractivity contribution in [1.82, 2.24) is 29.4 Å². The number of amides is 4. The zero-order valence-corrected chi connectivity index (χ0v) is 49.1. The number of nitrogens with zero attached hydrogens (tertiary/aromatic N) is 6. The fourth-order valence-corrected chi connectivity index (χ4v) is 12.4. The summed E-state index contributed by atoms with van der Waals surface area (Å²) in [6.45, 7) is 6.04. The van der Waals surface area contributed by atoms with Crippen molar-refractivity contribution in [2.45, 2.75) is 107 Å². The lowest BCUT2D eigenvalue weighted by Gasteiger charge is -2.44. The minimum atomic E-state index is -5.15. The van der Waals surface area contributed by atoms with Crippen molar-refractivity contribution in [3.05, 3.63) is 129 Å². The van der Waals surface area contributed by atoms with E-state index in [1.54, 1.807) is 36.0 Å². The van der Waals surface area contributed by atoms with E-state index in [0.29, 0.717) is 111 Å². The highest BCUT2D eigenvalue weighted by atomic mass is 35.5. The van der Waals surface area contributed by atoms with Gasteiger partial charge in [-0.2, -0.15) is 26.3 Å². The van der Waals surface area contributed by atoms with Crippen molar-refractivity contribution in [2.75, 3.05) is 119 Å². The van der Waals surface area contributed by atoms with Gasteiger partial charge in [-0.3, -0.25) is 19.2 Å². The topological polar surface area (TPSA) is 127 Å². The molecular formula is C62H77ClF7N7O7. The maximum absolute atomic E-state index is 14.2. The molecule has 1 aliphatic carbocycles. The lowest BCUT2D eigenvalue weighted by atomic mass is 9.72. The van der Waals surface area contributed by atoms with Gasteiger partial charge in [0.1, 0.15) is 30.5 Å². The molecule has 1 N–H and O–H groups in total. The minimum absolute atomic E-state index is 0.0295. The second kappa shape index (κ2) is 28.0. The summed E-state index contributed by atoms with van der Waals surface area (Å²) in [7, 11) is 6.76. The molecule has 2 atom stereocenters. The van der Waals surface area contributed by atoms with E-state index in [2.05, 4.69) is 27.2 Å². The first-order chi connectivity index (χ1) is 40.0. The first kappa shape index (κ1) is 64.0. The molecule has 1 spiro atoms. The highest BCUT2D eigenvalue weighted by Gasteiger charge is 2.50. The summed E-state index contributed by atoms with van der Waals surface area (Å²) in [4.78, 5) is 64.5. The monoisotopic (exact) mass is 1200 g/mol. The number of fused-ring (bicyclic) bond motifs is 2. The van der Waals surface area contributed by atoms with Crippen LogP contribution < -0.4 is 10.1 Å². The van der Waals surface area contributed by atoms with Crippen LogP contribution in [0, 0.1) is 5.82 Å². The summed E-state index contributed by atoms with van der Waals surface area (Å²) in [6, 6.07) is 17.7. The first-order valence-corrected chi connectivity index (χ1v) is 29.4. The van der Waals surface area contributed by atoms with Gasteiger partial charge in [0.15, 0.2) is 0 Å². The maximum atomic E-state index is 14.2. The van der Waals surface area contributed by atoms with E-state index in [1.165, 1.54) is 50.6 Å². The fraction of sp³-hybridized carbons (Fsp3) is 0.548. The Kier molecular flexibility index (Phi) is 21.3. The maximum Gasteiger partial charge on any atom is 0.416 e. The number of piperidine rings is 2. The number of hydrogen-bond donors (Lipinski definition) is 1. The second-order valence-corrected chi connectivity index (χ2v) is 23.3. The molecule has 84 heavy (non-hydrogen) atoms. The van der Waals surface area contributed by atoms with Gasteiger partial charge >= 0.3 is 12.4 Å². The predicted molar refractivity (Wildman–Crippen MR) is 305 cm³/mol. The number of carbonyl (C=O) groups excluding carboxylic acids is 4. The molecule has 0 saturated carbocycles. The number of unbranched alkanes of at least 4 members (excludes halogenated alkanes) is 2. The van der Waals surface area contributed by atoms with Crippen molar-refractivity contribution < 1.29 is 64.1 Å². The van der Waals surface area contributed by atoms with Crippen LogP contribution in [0.5, 0.6) is 5.75 Å². The summed E-state index contributed by atoms with van der Waals surface area (Å²) in [5.74, 6) is -1.57. The van der Waals surface area contributed by atoms with Crippen molar-refractivity contribution in [1.29, 1.82) is 0 Å². The minimum Gasteiger partial charge on any atom is -0.496 e. The molecule has 3 aliphatic heterocycles. The van der Waals surface area contributed by atoms with Crippen LogP contribution in [0.25, 0.3) is 0 Å². The number of anilines is 1. The van der Waals surface area contributed by atoms with E-state index in [9.17, 15) is 49.9 Å². The van der Waals surface area contributed by atoms with Gasteiger partial charge in [-0.05, 0) is 137 Å². The Morgan fingerprint density at radius 1 is 0.750 bits per heavy atom. The molecule has 458 valence electrons. The zero-order valence-electron chi connectivity index (χ0n) is 48.3. The number of methoxy groups -OCH3 is 1. The third-order valence-corrected chi connectivity index (χ3v) is 17.6. The van der Waals surface area contributed by atoms with Crippen LogP contribution in [-0.2, 0) is 48.9 Å². The molecule has 4 aliphatic rings. The lowest BCUT2D eigenvalue weighted by molar-refractivity contribution is -0.143. The van der Waals surface area contributed by atoms with Gasteiger partial charge in [-0.25, -0.2) is 4.39 Å². The summed E-state index contributed by atoms with van der Waals surface area (Å²) < 4.78 is 115. The molecule has 0 bridgehead atoms. The highest BCUT2D eigenvalue weighted by molar-refractivity contribution is 6.33. The van der Waals surface area contributed by atoms with Gasteiger partial charge < -0.3 is 48.9 Å². The van der Waals surface area contributed by atoms with Gasteiger partial charge in [0.25, 0.3) is 11.8 Å². The third-order valence-electron chi connectivity index (χ3n) is 17.3. The molecule has 4 amide bonds. The van der Waals surface area contributed by atoms with E-state index < -0.39 is 58.5 Å². The van der Waals surface area contributed by atoms with E-state index >= 15 is 0 Å². The molecule has 3 fully saturated rings. The van der Waals surface area contributed by atoms with Crippen molar-refractivity contribution >= 4 is 40.9 Å². The van der Waals surface area contributed by atoms with E-state index in [4.69, 9.17) is 25.8 Å². The Bertz CT molecular complexity index is 2890. The van der Waals surface area contributed by atoms with E-state index in [1.807, 2.05) is 24.1 Å². The van der Waals surface area contributed by atoms with Crippen LogP contribution >= 0.6 is 11.6 Å². The molecule has 8 rings (SSSR count). The van der Waals surface area contributed by atoms with Crippen LogP contribution in [0.1, 0.15) is 119 Å². The number of likely N-dealkylation sites (tertiary alicyclic amines) is 2. The molecule has 3 saturated heterocycles. The standard InChI is InChI=1S/C62H77ClF7N7O7/c1-72(25-13-26-74(3)58(81)49-38-51(63)52(39-53(49)82-4)71-24-10-5-7-16-55(78)73(2)32-33-75-27-11-6-12-28-75)56(79)40-83-54-36-43-14-8-9-15-50(43)59(54)21-29-76(30-22-59)31-23-60(45-17-19-48(64)20-18-45)41-77(42-84-60)57(80)44-34-46(61(65,66)67)37-47(35-44)62(68,69)70/h8-9,14-15,17-20,34-35,37-39,54,71H,5-7,10-13,16,21-33,36,40-42H2,1-4H3/t54-,60+/m0/s1. The van der Waals surface area contributed by atoms with Crippen molar-refractivity contribution in [3.63, 3.8) is 0 Å². The molecule has 0 radical (unpaired) electrons. The van der Waals surface area contributed by atoms with Gasteiger partial charge in [0.05, 0.1) is 47.2 Å². The van der Waals surface area contributed by atoms with E-state index in [0.717, 1.165) is 61.5 Å². The van der Waals surface area contributed by atoms with Crippen molar-refractivity contribution in [2.24, 2.45) is 0 Å². The number of carbonyl (C=O) groups is 4. The first-order valence-electron chi connectivity index (χ1n) is 29.0. The average molecular weight is 1200 g/mol. The SMILES string of the molecule is COc1cc(NCCCCCC(=O)N(C)CCN2CCCCC2)c(Cl)cc1C(=O)N(C)CCCN(C)C(=O)CO[C@H]1Cc2ccccc2C12CCN(CC[C@]1(c3ccc(F)cc3)CN(C(=O)c3cc(C(F)(F)F)cc(C(F)(F)F)c3)CO1)CC2. The Morgan fingerprint density at radius 2 is 1.40 bits per heavy atom. The van der Waals surface area contributed by atoms with Crippen LogP contribution in [0.4, 0.5) is 36.4 Å². The number of alkyl halides is 6. The number of benzene rings is 4. The molecule has 22 heteroatoms. The Balaban J connectivity index is 0.798. The van der Waals surface area contributed by atoms with Crippen LogP contribution in [0.3, 0.4) is 0 Å². The largest absolute Gasteiger partial charge is 0.496 e. The fourth-order valence-electron chi connectivity index (χ4n) is 12.2. The smallest absolute Gasteiger partial charge is 0.416 e. The van der Waals surface area contributed by atoms with Gasteiger partial charge in [-0.15, -0.1) is 0 Å². The lowest BCUT2D eigenvalue weighted by Crippen LogP contribution is -2.50. The summed E-state index contributed by atoms with van der Waals surface area (Å²) in [5.41, 5.74) is -1.96. The Morgan fingerprint density at radius 3 is 2.08 bits per heavy atom. The molecule has 0 aromatic heterocycles. The van der Waals surface area contributed by atoms with E-state index in [-0.39, 0.29) is 49.5 Å². The molecule has 14 nitrogen and oxygen atoms in total. The number of ether oxygens (including phenoxy) is 3. The summed E-state index contributed by atoms with van der Waals surface area (Å²) >= 11 is 6.69. The molecule has 4 aromatic carbocycles. The quantitative estimate of drug-likeness (QED) is 0.0535. The number of halogens is 8. The average Bonchev–Trinajstić information content (AvgIpc) is 2.57. The molecule has 0 unspecified atom stereocenters. The van der Waals surface area contributed by atoms with Crippen LogP contribution in [0.2, 0.25) is 5.02 Å². The molecule has 3 heterocycles. The molecule has 4 aromatic rings. The van der Waals surface area contributed by atoms with Gasteiger partial charge in [-0.1, -0.05) is 60.8 Å². The highest BCUT2D eigenvalue weighted by Crippen LogP contribution is 2.48. The van der Waals surface area contributed by atoms with Crippen LogP contribution in [-0.4, -0.2) is 173 Å². The number of rotatable bonds is 24. The number of likely N-dealkylation sites (N-methyl/N-ethyl adjacent to an activating group) is 2. The number of hydrogen-bond acceptors (Lipinski definition) is 10. The van der Waals surface area contributed by atoms with Gasteiger partial charge in [0.2, 0.25) is 11.8 Å². The third kappa shape index (κ3) is 15.7. The van der Waals surface area contributed by atoms with Gasteiger partial charge in [0, 0.05) is 83.9 Å². The normalized spacial score (nSPS) is 19.1. The zero-order chi connectivity index (χ0) is 60.4. The Labute approximate surface area is 492 Å². The molecular weight excluding hydrogens is 1120 g/mol. The summed E-state index contributed by atoms with van der Waals surface area (Å²) in [5, 5.41) is 3.72. The second-order valence-electron chi connectivity index (χ2n) is 22.9. The van der Waals surface area contributed by atoms with Crippen molar-refractivity contribution in [3.8, 4) is 5.75 Å². The Hall–Kier alpha value is -6.00. The number of nitrogens with one attached hydrogen (secondary N) is 1.